The van der Waals surface area contributed by atoms with Crippen LogP contribution in [0, 0.1) is 10.1 Å². The number of nitrogens with zero attached hydrogens (tertiary/aromatic N) is 2. The number of anilines is 1. The van der Waals surface area contributed by atoms with Gasteiger partial charge in [-0.2, -0.15) is 0 Å². The quantitative estimate of drug-likeness (QED) is 0.340. The second-order valence-corrected chi connectivity index (χ2v) is 6.85. The van der Waals surface area contributed by atoms with Crippen molar-refractivity contribution in [2.24, 2.45) is 0 Å². The van der Waals surface area contributed by atoms with Crippen LogP contribution in [0.5, 0.6) is 5.75 Å². The Balaban J connectivity index is 1.60. The lowest BCUT2D eigenvalue weighted by Crippen LogP contribution is -2.12. The SMILES string of the molecule is CCc1ccc2oc(-c3cccc(NC(=O)c4ccc(OC)c([N+](=O)[O-])c4)c3)nc2c1. The van der Waals surface area contributed by atoms with Crippen molar-refractivity contribution in [3.63, 3.8) is 0 Å². The highest BCUT2D eigenvalue weighted by Gasteiger charge is 2.18. The molecule has 0 aliphatic heterocycles. The first kappa shape index (κ1) is 20.1. The molecule has 156 valence electrons. The van der Waals surface area contributed by atoms with Gasteiger partial charge in [-0.1, -0.05) is 19.1 Å². The smallest absolute Gasteiger partial charge is 0.311 e. The molecule has 0 fully saturated rings. The molecule has 8 nitrogen and oxygen atoms in total. The zero-order valence-corrected chi connectivity index (χ0v) is 16.9. The lowest BCUT2D eigenvalue weighted by Gasteiger charge is -2.07. The van der Waals surface area contributed by atoms with E-state index in [-0.39, 0.29) is 17.0 Å². The lowest BCUT2D eigenvalue weighted by molar-refractivity contribution is -0.385. The molecule has 3 aromatic carbocycles. The fourth-order valence-electron chi connectivity index (χ4n) is 3.22. The molecule has 0 bridgehead atoms. The number of ether oxygens (including phenoxy) is 1. The van der Waals surface area contributed by atoms with Crippen molar-refractivity contribution in [3.05, 3.63) is 81.9 Å². The summed E-state index contributed by atoms with van der Waals surface area (Å²) < 4.78 is 10.8. The van der Waals surface area contributed by atoms with E-state index >= 15 is 0 Å². The van der Waals surface area contributed by atoms with Gasteiger partial charge in [-0.05, 0) is 54.4 Å². The Bertz CT molecular complexity index is 1300. The molecule has 1 heterocycles. The molecule has 0 saturated heterocycles. The van der Waals surface area contributed by atoms with Gasteiger partial charge in [-0.25, -0.2) is 4.98 Å². The number of hydrogen-bond acceptors (Lipinski definition) is 6. The number of oxazole rings is 1. The molecule has 0 radical (unpaired) electrons. The van der Waals surface area contributed by atoms with Gasteiger partial charge in [0, 0.05) is 22.9 Å². The third kappa shape index (κ3) is 4.09. The van der Waals surface area contributed by atoms with Gasteiger partial charge in [0.25, 0.3) is 5.91 Å². The number of hydrogen-bond donors (Lipinski definition) is 1. The number of nitro benzene ring substituents is 1. The standard InChI is InChI=1S/C23H19N3O5/c1-3-14-7-9-20-18(11-14)25-23(31-20)16-5-4-6-17(12-16)24-22(27)15-8-10-21(30-2)19(13-15)26(28)29/h4-13H,3H2,1-2H3,(H,24,27). The number of nitro groups is 1. The van der Waals surface area contributed by atoms with Crippen LogP contribution in [0.2, 0.25) is 0 Å². The van der Waals surface area contributed by atoms with E-state index in [4.69, 9.17) is 9.15 Å². The first-order chi connectivity index (χ1) is 15.0. The van der Waals surface area contributed by atoms with Gasteiger partial charge in [0.2, 0.25) is 5.89 Å². The number of nitrogens with one attached hydrogen (secondary N) is 1. The number of fused-ring (bicyclic) bond motifs is 1. The van der Waals surface area contributed by atoms with Crippen LogP contribution in [-0.4, -0.2) is 22.9 Å². The highest BCUT2D eigenvalue weighted by molar-refractivity contribution is 6.05. The second kappa shape index (κ2) is 8.27. The third-order valence-corrected chi connectivity index (χ3v) is 4.87. The number of aryl methyl sites for hydroxylation is 1. The van der Waals surface area contributed by atoms with Gasteiger partial charge >= 0.3 is 5.69 Å². The number of benzene rings is 3. The highest BCUT2D eigenvalue weighted by atomic mass is 16.6. The zero-order chi connectivity index (χ0) is 22.0. The normalized spacial score (nSPS) is 10.8. The number of carbonyl (C=O) groups excluding carboxylic acids is 1. The Morgan fingerprint density at radius 2 is 2.00 bits per heavy atom. The average molecular weight is 417 g/mol. The van der Waals surface area contributed by atoms with E-state index in [0.29, 0.717) is 22.7 Å². The monoisotopic (exact) mass is 417 g/mol. The fraction of sp³-hybridized carbons (Fsp3) is 0.130. The van der Waals surface area contributed by atoms with Crippen LogP contribution < -0.4 is 10.1 Å². The van der Waals surface area contributed by atoms with Gasteiger partial charge in [0.15, 0.2) is 11.3 Å². The fourth-order valence-corrected chi connectivity index (χ4v) is 3.22. The topological polar surface area (TPSA) is 108 Å². The van der Waals surface area contributed by atoms with Crippen LogP contribution in [0.4, 0.5) is 11.4 Å². The van der Waals surface area contributed by atoms with Crippen LogP contribution >= 0.6 is 0 Å². The summed E-state index contributed by atoms with van der Waals surface area (Å²) in [7, 11) is 1.34. The summed E-state index contributed by atoms with van der Waals surface area (Å²) in [4.78, 5) is 27.8. The molecular formula is C23H19N3O5. The Labute approximate surface area is 177 Å². The molecule has 0 unspecified atom stereocenters. The van der Waals surface area contributed by atoms with E-state index in [9.17, 15) is 14.9 Å². The maximum Gasteiger partial charge on any atom is 0.311 e. The number of methoxy groups -OCH3 is 1. The molecule has 31 heavy (non-hydrogen) atoms. The summed E-state index contributed by atoms with van der Waals surface area (Å²) in [5.74, 6) is 0.0539. The van der Waals surface area contributed by atoms with Crippen molar-refractivity contribution in [2.45, 2.75) is 13.3 Å². The van der Waals surface area contributed by atoms with Crippen LogP contribution in [0.1, 0.15) is 22.8 Å². The van der Waals surface area contributed by atoms with Crippen molar-refractivity contribution in [3.8, 4) is 17.2 Å². The van der Waals surface area contributed by atoms with Crippen LogP contribution in [0.3, 0.4) is 0 Å². The molecule has 1 aromatic heterocycles. The minimum Gasteiger partial charge on any atom is -0.490 e. The first-order valence-electron chi connectivity index (χ1n) is 9.62. The lowest BCUT2D eigenvalue weighted by atomic mass is 10.1. The maximum atomic E-state index is 12.6. The molecule has 4 aromatic rings. The van der Waals surface area contributed by atoms with Gasteiger partial charge < -0.3 is 14.5 Å². The summed E-state index contributed by atoms with van der Waals surface area (Å²) in [6, 6.07) is 17.0. The zero-order valence-electron chi connectivity index (χ0n) is 16.9. The first-order valence-corrected chi connectivity index (χ1v) is 9.62. The summed E-state index contributed by atoms with van der Waals surface area (Å²) in [5.41, 5.74) is 3.71. The summed E-state index contributed by atoms with van der Waals surface area (Å²) in [5, 5.41) is 14.0. The van der Waals surface area contributed by atoms with Gasteiger partial charge in [-0.15, -0.1) is 0 Å². The van der Waals surface area contributed by atoms with E-state index in [2.05, 4.69) is 17.2 Å². The summed E-state index contributed by atoms with van der Waals surface area (Å²) >= 11 is 0. The Kier molecular flexibility index (Phi) is 5.36. The van der Waals surface area contributed by atoms with E-state index in [0.717, 1.165) is 11.9 Å². The molecule has 1 N–H and O–H groups in total. The van der Waals surface area contributed by atoms with E-state index in [1.54, 1.807) is 18.2 Å². The molecule has 1 amide bonds. The van der Waals surface area contributed by atoms with Crippen LogP contribution in [-0.2, 0) is 6.42 Å². The Hall–Kier alpha value is -4.20. The van der Waals surface area contributed by atoms with Crippen LogP contribution in [0.15, 0.2) is 65.1 Å². The number of rotatable bonds is 6. The maximum absolute atomic E-state index is 12.6. The number of amides is 1. The minimum atomic E-state index is -0.590. The van der Waals surface area contributed by atoms with Crippen molar-refractivity contribution in [2.75, 3.05) is 12.4 Å². The minimum absolute atomic E-state index is 0.0886. The second-order valence-electron chi connectivity index (χ2n) is 6.85. The van der Waals surface area contributed by atoms with Crippen LogP contribution in [0.25, 0.3) is 22.6 Å². The number of aromatic nitrogens is 1. The van der Waals surface area contributed by atoms with Gasteiger partial charge in [0.1, 0.15) is 5.52 Å². The third-order valence-electron chi connectivity index (χ3n) is 4.87. The summed E-state index contributed by atoms with van der Waals surface area (Å²) in [6.45, 7) is 2.08. The van der Waals surface area contributed by atoms with Gasteiger partial charge in [-0.3, -0.25) is 14.9 Å². The van der Waals surface area contributed by atoms with E-state index in [1.807, 2.05) is 24.3 Å². The van der Waals surface area contributed by atoms with E-state index < -0.39 is 10.8 Å². The molecule has 8 heteroatoms. The Morgan fingerprint density at radius 1 is 1.16 bits per heavy atom. The van der Waals surface area contributed by atoms with Crippen molar-refractivity contribution >= 4 is 28.4 Å². The molecule has 0 spiro atoms. The van der Waals surface area contributed by atoms with E-state index in [1.165, 1.54) is 30.9 Å². The predicted octanol–water partition coefficient (Wildman–Crippen LogP) is 5.23. The van der Waals surface area contributed by atoms with Crippen molar-refractivity contribution < 1.29 is 18.9 Å². The summed E-state index contributed by atoms with van der Waals surface area (Å²) in [6.07, 6.45) is 0.906. The Morgan fingerprint density at radius 3 is 2.74 bits per heavy atom. The highest BCUT2D eigenvalue weighted by Crippen LogP contribution is 2.29. The molecular weight excluding hydrogens is 398 g/mol. The molecule has 0 saturated carbocycles. The molecule has 0 atom stereocenters. The largest absolute Gasteiger partial charge is 0.490 e. The molecule has 0 aliphatic carbocycles. The van der Waals surface area contributed by atoms with Gasteiger partial charge in [0.05, 0.1) is 12.0 Å². The van der Waals surface area contributed by atoms with Crippen molar-refractivity contribution in [1.82, 2.24) is 4.98 Å². The molecule has 0 aliphatic rings. The molecule has 4 rings (SSSR count). The number of carbonyl (C=O) groups is 1. The van der Waals surface area contributed by atoms with Crippen molar-refractivity contribution in [1.29, 1.82) is 0 Å². The predicted molar refractivity (Wildman–Crippen MR) is 116 cm³/mol. The average Bonchev–Trinajstić information content (AvgIpc) is 3.22.